The second-order valence-corrected chi connectivity index (χ2v) is 5.79. The fraction of sp³-hybridized carbons (Fsp3) is 0.429. The van der Waals surface area contributed by atoms with Gasteiger partial charge in [0, 0.05) is 10.6 Å². The summed E-state index contributed by atoms with van der Waals surface area (Å²) in [5.41, 5.74) is 4.08. The van der Waals surface area contributed by atoms with Crippen LogP contribution in [0.25, 0.3) is 0 Å². The van der Waals surface area contributed by atoms with Crippen molar-refractivity contribution in [2.75, 3.05) is 12.4 Å². The summed E-state index contributed by atoms with van der Waals surface area (Å²) in [4.78, 5) is 1.20. The van der Waals surface area contributed by atoms with E-state index >= 15 is 0 Å². The zero-order chi connectivity index (χ0) is 13.1. The van der Waals surface area contributed by atoms with Crippen LogP contribution in [0.2, 0.25) is 0 Å². The number of benzene rings is 1. The molecule has 2 atom stereocenters. The number of para-hydroxylation sites is 1. The third kappa shape index (κ3) is 2.73. The van der Waals surface area contributed by atoms with Gasteiger partial charge in [0.2, 0.25) is 0 Å². The van der Waals surface area contributed by atoms with E-state index in [0.29, 0.717) is 0 Å². The molecule has 2 heterocycles. The quantitative estimate of drug-likeness (QED) is 0.655. The van der Waals surface area contributed by atoms with Gasteiger partial charge in [0.05, 0.1) is 18.9 Å². The van der Waals surface area contributed by atoms with Gasteiger partial charge in [-0.3, -0.25) is 5.84 Å². The third-order valence-electron chi connectivity index (χ3n) is 3.44. The largest absolute Gasteiger partial charge is 0.501 e. The Labute approximate surface area is 117 Å². The number of fused-ring (bicyclic) bond motifs is 1. The molecule has 0 fully saturated rings. The smallest absolute Gasteiger partial charge is 0.133 e. The molecular weight excluding hydrogens is 260 g/mol. The molecule has 0 aliphatic carbocycles. The van der Waals surface area contributed by atoms with Gasteiger partial charge in [0.1, 0.15) is 11.9 Å². The van der Waals surface area contributed by atoms with Crippen molar-refractivity contribution < 1.29 is 9.47 Å². The van der Waals surface area contributed by atoms with Gasteiger partial charge in [-0.1, -0.05) is 12.1 Å². The number of rotatable bonds is 3. The Morgan fingerprint density at radius 2 is 2.26 bits per heavy atom. The minimum atomic E-state index is 0.0150. The summed E-state index contributed by atoms with van der Waals surface area (Å²) in [7, 11) is 0. The highest BCUT2D eigenvalue weighted by Crippen LogP contribution is 2.36. The maximum absolute atomic E-state index is 6.08. The summed E-state index contributed by atoms with van der Waals surface area (Å²) >= 11 is 1.82. The average molecular weight is 278 g/mol. The van der Waals surface area contributed by atoms with Gasteiger partial charge in [-0.25, -0.2) is 5.43 Å². The molecule has 0 radical (unpaired) electrons. The molecule has 0 spiro atoms. The summed E-state index contributed by atoms with van der Waals surface area (Å²) in [5.74, 6) is 7.56. The highest BCUT2D eigenvalue weighted by molar-refractivity contribution is 7.99. The maximum Gasteiger partial charge on any atom is 0.133 e. The van der Waals surface area contributed by atoms with E-state index in [2.05, 4.69) is 11.5 Å². The zero-order valence-corrected chi connectivity index (χ0v) is 11.5. The molecule has 5 heteroatoms. The first-order chi connectivity index (χ1) is 9.38. The van der Waals surface area contributed by atoms with E-state index in [-0.39, 0.29) is 12.1 Å². The molecule has 1 aromatic carbocycles. The number of nitrogens with two attached hydrogens (primary N) is 1. The number of hydrogen-bond acceptors (Lipinski definition) is 5. The fourth-order valence-electron chi connectivity index (χ4n) is 2.47. The minimum Gasteiger partial charge on any atom is -0.501 e. The molecular formula is C14H18N2O2S. The van der Waals surface area contributed by atoms with Crippen molar-refractivity contribution in [2.24, 2.45) is 5.84 Å². The molecule has 0 aromatic heterocycles. The van der Waals surface area contributed by atoms with Crippen molar-refractivity contribution in [1.29, 1.82) is 0 Å². The van der Waals surface area contributed by atoms with Gasteiger partial charge in [0.25, 0.3) is 0 Å². The Morgan fingerprint density at radius 1 is 1.37 bits per heavy atom. The lowest BCUT2D eigenvalue weighted by atomic mass is 9.98. The van der Waals surface area contributed by atoms with E-state index in [1.54, 1.807) is 0 Å². The van der Waals surface area contributed by atoms with Gasteiger partial charge in [-0.2, -0.15) is 0 Å². The van der Waals surface area contributed by atoms with Crippen LogP contribution in [0.1, 0.15) is 12.8 Å². The number of nitrogens with one attached hydrogen (secondary N) is 1. The van der Waals surface area contributed by atoms with E-state index < -0.39 is 0 Å². The minimum absolute atomic E-state index is 0.0150. The summed E-state index contributed by atoms with van der Waals surface area (Å²) in [5, 5.41) is 0. The number of ether oxygens (including phenoxy) is 2. The summed E-state index contributed by atoms with van der Waals surface area (Å²) in [6.45, 7) is 0.796. The molecule has 3 rings (SSSR count). The highest BCUT2D eigenvalue weighted by Gasteiger charge is 2.30. The standard InChI is InChI=1S/C14H18N2O2S/c15-16-14(10-4-3-7-17-8-10)12-9-19-13-6-2-1-5-11(13)18-12/h1-2,5-6,8,12,14,16H,3-4,7,9,15H2. The maximum atomic E-state index is 6.08. The lowest BCUT2D eigenvalue weighted by Crippen LogP contribution is -2.50. The average Bonchev–Trinajstić information content (AvgIpc) is 2.49. The van der Waals surface area contributed by atoms with Crippen LogP contribution >= 0.6 is 11.8 Å². The molecule has 3 N–H and O–H groups in total. The van der Waals surface area contributed by atoms with E-state index in [1.165, 1.54) is 10.5 Å². The van der Waals surface area contributed by atoms with Crippen LogP contribution in [0.15, 0.2) is 41.0 Å². The molecule has 0 saturated heterocycles. The van der Waals surface area contributed by atoms with Crippen LogP contribution in [0.5, 0.6) is 5.75 Å². The SMILES string of the molecule is NNC(C1=COCCC1)C1CSc2ccccc2O1. The fourth-order valence-corrected chi connectivity index (χ4v) is 3.50. The summed E-state index contributed by atoms with van der Waals surface area (Å²) in [6.07, 6.45) is 3.93. The van der Waals surface area contributed by atoms with Crippen molar-refractivity contribution in [3.8, 4) is 5.75 Å². The van der Waals surface area contributed by atoms with E-state index in [0.717, 1.165) is 31.0 Å². The molecule has 2 aliphatic rings. The van der Waals surface area contributed by atoms with Gasteiger partial charge < -0.3 is 9.47 Å². The first-order valence-electron chi connectivity index (χ1n) is 6.53. The van der Waals surface area contributed by atoms with E-state index in [9.17, 15) is 0 Å². The van der Waals surface area contributed by atoms with Crippen LogP contribution in [0.3, 0.4) is 0 Å². The molecule has 4 nitrogen and oxygen atoms in total. The van der Waals surface area contributed by atoms with E-state index in [4.69, 9.17) is 15.3 Å². The van der Waals surface area contributed by atoms with Gasteiger partial charge >= 0.3 is 0 Å². The van der Waals surface area contributed by atoms with Gasteiger partial charge in [-0.05, 0) is 30.5 Å². The predicted octanol–water partition coefficient (Wildman–Crippen LogP) is 2.07. The molecule has 0 saturated carbocycles. The monoisotopic (exact) mass is 278 g/mol. The Kier molecular flexibility index (Phi) is 3.96. The zero-order valence-electron chi connectivity index (χ0n) is 10.7. The van der Waals surface area contributed by atoms with Crippen LogP contribution in [-0.2, 0) is 4.74 Å². The van der Waals surface area contributed by atoms with Crippen molar-refractivity contribution in [2.45, 2.75) is 29.9 Å². The van der Waals surface area contributed by atoms with Crippen LogP contribution in [0.4, 0.5) is 0 Å². The predicted molar refractivity (Wildman–Crippen MR) is 76.0 cm³/mol. The molecule has 102 valence electrons. The second kappa shape index (κ2) is 5.86. The number of hydrazine groups is 1. The normalized spacial score (nSPS) is 23.6. The van der Waals surface area contributed by atoms with E-state index in [1.807, 2.05) is 36.2 Å². The first-order valence-corrected chi connectivity index (χ1v) is 7.52. The number of thioether (sulfide) groups is 1. The van der Waals surface area contributed by atoms with Crippen molar-refractivity contribution >= 4 is 11.8 Å². The van der Waals surface area contributed by atoms with Crippen molar-refractivity contribution in [3.63, 3.8) is 0 Å². The molecule has 0 bridgehead atoms. The topological polar surface area (TPSA) is 56.5 Å². The summed E-state index contributed by atoms with van der Waals surface area (Å²) in [6, 6.07) is 8.14. The van der Waals surface area contributed by atoms with Crippen LogP contribution < -0.4 is 16.0 Å². The Morgan fingerprint density at radius 3 is 3.05 bits per heavy atom. The lowest BCUT2D eigenvalue weighted by molar-refractivity contribution is 0.164. The van der Waals surface area contributed by atoms with Crippen LogP contribution in [-0.4, -0.2) is 24.5 Å². The lowest BCUT2D eigenvalue weighted by Gasteiger charge is -2.33. The first kappa shape index (κ1) is 12.8. The second-order valence-electron chi connectivity index (χ2n) is 4.73. The van der Waals surface area contributed by atoms with Gasteiger partial charge in [0.15, 0.2) is 0 Å². The number of hydrogen-bond donors (Lipinski definition) is 2. The molecule has 1 aromatic rings. The molecule has 2 aliphatic heterocycles. The molecule has 2 unspecified atom stereocenters. The third-order valence-corrected chi connectivity index (χ3v) is 4.59. The molecule has 0 amide bonds. The van der Waals surface area contributed by atoms with Gasteiger partial charge in [-0.15, -0.1) is 11.8 Å². The van der Waals surface area contributed by atoms with Crippen molar-refractivity contribution in [1.82, 2.24) is 5.43 Å². The Bertz CT molecular complexity index is 478. The van der Waals surface area contributed by atoms with Crippen LogP contribution in [0, 0.1) is 0 Å². The highest BCUT2D eigenvalue weighted by atomic mass is 32.2. The molecule has 19 heavy (non-hydrogen) atoms. The Hall–Kier alpha value is -1.17. The van der Waals surface area contributed by atoms with Crippen molar-refractivity contribution in [3.05, 3.63) is 36.1 Å². The Balaban J connectivity index is 1.77. The summed E-state index contributed by atoms with van der Waals surface area (Å²) < 4.78 is 11.5.